The highest BCUT2D eigenvalue weighted by Gasteiger charge is 2.46. The second kappa shape index (κ2) is 5.89. The second-order valence-corrected chi connectivity index (χ2v) is 8.46. The first-order chi connectivity index (χ1) is 12.9. The molecule has 4 rings (SSSR count). The summed E-state index contributed by atoms with van der Waals surface area (Å²) in [6.07, 6.45) is 0. The molecule has 0 aromatic heterocycles. The number of rotatable bonds is 1. The Bertz CT molecular complexity index is 1170. The van der Waals surface area contributed by atoms with Gasteiger partial charge in [0.25, 0.3) is 10.0 Å². The van der Waals surface area contributed by atoms with E-state index in [0.717, 1.165) is 5.56 Å². The Balaban J connectivity index is 2.09. The topological polar surface area (TPSA) is 96.4 Å². The number of aryl methyl sites for hydroxylation is 1. The molecule has 0 fully saturated rings. The predicted molar refractivity (Wildman–Crippen MR) is 103 cm³/mol. The number of nitrogens with zero attached hydrogens (tertiary/aromatic N) is 2. The van der Waals surface area contributed by atoms with Crippen LogP contribution in [-0.2, 0) is 14.8 Å². The summed E-state index contributed by atoms with van der Waals surface area (Å²) in [5.74, 6) is -0.705. The van der Waals surface area contributed by atoms with Crippen LogP contribution in [0.15, 0.2) is 64.9 Å². The molecular weight excluding hydrogens is 362 g/mol. The van der Waals surface area contributed by atoms with Crippen LogP contribution in [0.4, 0.5) is 5.69 Å². The van der Waals surface area contributed by atoms with Gasteiger partial charge in [0.1, 0.15) is 16.5 Å². The number of benzene rings is 2. The van der Waals surface area contributed by atoms with Crippen LogP contribution in [-0.4, -0.2) is 15.5 Å². The predicted octanol–water partition coefficient (Wildman–Crippen LogP) is 2.95. The summed E-state index contributed by atoms with van der Waals surface area (Å²) < 4.78 is 33.6. The molecule has 0 spiro atoms. The number of hydrogen-bond donors (Lipinski definition) is 1. The van der Waals surface area contributed by atoms with Crippen molar-refractivity contribution in [3.63, 3.8) is 0 Å². The highest BCUT2D eigenvalue weighted by molar-refractivity contribution is 7.96. The van der Waals surface area contributed by atoms with Crippen LogP contribution in [0.1, 0.15) is 22.6 Å². The van der Waals surface area contributed by atoms with E-state index >= 15 is 0 Å². The molecule has 0 saturated heterocycles. The minimum Gasteiger partial charge on any atom is -0.439 e. The van der Waals surface area contributed by atoms with Crippen LogP contribution in [0, 0.1) is 18.3 Å². The highest BCUT2D eigenvalue weighted by atomic mass is 32.2. The second-order valence-electron chi connectivity index (χ2n) is 6.52. The van der Waals surface area contributed by atoms with E-state index in [1.807, 2.05) is 31.2 Å². The Kier molecular flexibility index (Phi) is 3.75. The van der Waals surface area contributed by atoms with Crippen LogP contribution < -0.4 is 10.0 Å². The Morgan fingerprint density at radius 2 is 1.93 bits per heavy atom. The Labute approximate surface area is 157 Å². The van der Waals surface area contributed by atoms with Gasteiger partial charge in [-0.25, -0.2) is 8.42 Å². The van der Waals surface area contributed by atoms with Gasteiger partial charge in [0.15, 0.2) is 5.76 Å². The molecule has 27 heavy (non-hydrogen) atoms. The van der Waals surface area contributed by atoms with E-state index in [-0.39, 0.29) is 22.1 Å². The molecule has 2 aromatic rings. The third-order valence-electron chi connectivity index (χ3n) is 4.87. The lowest BCUT2D eigenvalue weighted by molar-refractivity contribution is 0.357. The first-order valence-corrected chi connectivity index (χ1v) is 9.77. The van der Waals surface area contributed by atoms with Crippen LogP contribution in [0.3, 0.4) is 0 Å². The lowest BCUT2D eigenvalue weighted by Gasteiger charge is -2.36. The maximum atomic E-state index is 13.4. The van der Waals surface area contributed by atoms with E-state index in [0.29, 0.717) is 16.8 Å². The number of ether oxygens (including phenoxy) is 1. The fraction of sp³-hybridized carbons (Fsp3) is 0.150. The van der Waals surface area contributed by atoms with Crippen molar-refractivity contribution in [3.8, 4) is 6.07 Å². The van der Waals surface area contributed by atoms with Gasteiger partial charge in [-0.3, -0.25) is 4.31 Å². The molecule has 0 aliphatic carbocycles. The summed E-state index contributed by atoms with van der Waals surface area (Å²) in [4.78, 5) is 0.0417. The van der Waals surface area contributed by atoms with E-state index in [1.165, 1.54) is 11.4 Å². The molecule has 0 unspecified atom stereocenters. The number of fused-ring (bicyclic) bond motifs is 2. The number of nitriles is 1. The Morgan fingerprint density at radius 3 is 2.63 bits per heavy atom. The lowest BCUT2D eigenvalue weighted by Crippen LogP contribution is -2.37. The maximum absolute atomic E-state index is 13.4. The van der Waals surface area contributed by atoms with E-state index in [4.69, 9.17) is 10.5 Å². The van der Waals surface area contributed by atoms with E-state index < -0.39 is 15.9 Å². The van der Waals surface area contributed by atoms with Crippen LogP contribution in [0.5, 0.6) is 0 Å². The summed E-state index contributed by atoms with van der Waals surface area (Å²) in [6, 6.07) is 16.5. The van der Waals surface area contributed by atoms with Gasteiger partial charge in [-0.2, -0.15) is 5.26 Å². The third kappa shape index (κ3) is 2.41. The van der Waals surface area contributed by atoms with Crippen molar-refractivity contribution >= 4 is 21.5 Å². The average molecular weight is 379 g/mol. The number of hydrogen-bond acceptors (Lipinski definition) is 5. The first kappa shape index (κ1) is 17.2. The van der Waals surface area contributed by atoms with Crippen molar-refractivity contribution in [1.29, 1.82) is 5.26 Å². The minimum absolute atomic E-state index is 0.0417. The molecule has 0 saturated carbocycles. The summed E-state index contributed by atoms with van der Waals surface area (Å²) >= 11 is 0. The first-order valence-electron chi connectivity index (χ1n) is 8.33. The van der Waals surface area contributed by atoms with Gasteiger partial charge in [-0.15, -0.1) is 0 Å². The molecule has 136 valence electrons. The number of anilines is 1. The van der Waals surface area contributed by atoms with Gasteiger partial charge < -0.3 is 10.5 Å². The smallest absolute Gasteiger partial charge is 0.264 e. The fourth-order valence-corrected chi connectivity index (χ4v) is 5.23. The zero-order valence-corrected chi connectivity index (χ0v) is 15.6. The number of sulfonamides is 1. The monoisotopic (exact) mass is 379 g/mol. The van der Waals surface area contributed by atoms with Crippen molar-refractivity contribution in [1.82, 2.24) is 0 Å². The number of nitrogens with two attached hydrogens (primary N) is 1. The zero-order chi connectivity index (χ0) is 19.3. The molecule has 1 atom stereocenters. The van der Waals surface area contributed by atoms with Crippen molar-refractivity contribution in [2.45, 2.75) is 12.8 Å². The molecule has 0 radical (unpaired) electrons. The summed E-state index contributed by atoms with van der Waals surface area (Å²) in [6.45, 7) is 1.91. The van der Waals surface area contributed by atoms with Gasteiger partial charge in [0.05, 0.1) is 11.6 Å². The summed E-state index contributed by atoms with van der Waals surface area (Å²) in [7, 11) is -2.41. The van der Waals surface area contributed by atoms with Crippen molar-refractivity contribution in [2.24, 2.45) is 5.73 Å². The quantitative estimate of drug-likeness (QED) is 0.822. The minimum atomic E-state index is -3.91. The van der Waals surface area contributed by atoms with Gasteiger partial charge >= 0.3 is 0 Å². The Morgan fingerprint density at radius 1 is 1.19 bits per heavy atom. The van der Waals surface area contributed by atoms with Gasteiger partial charge in [-0.1, -0.05) is 42.0 Å². The standard InChI is InChI=1S/C20H17N3O3S/c1-12-6-5-7-13(10-12)17-15(11-21)20(22)26-18-14-8-3-4-9-16(14)23(2)27(24,25)19(17)18/h3-10,17H,22H2,1-2H3/t17-/m0/s1. The largest absolute Gasteiger partial charge is 0.439 e. The van der Waals surface area contributed by atoms with Gasteiger partial charge in [0, 0.05) is 12.6 Å². The Hall–Kier alpha value is -3.24. The molecular formula is C20H17N3O3S. The molecule has 2 N–H and O–H groups in total. The van der Waals surface area contributed by atoms with Crippen LogP contribution in [0.2, 0.25) is 0 Å². The molecule has 2 heterocycles. The normalized spacial score (nSPS) is 20.5. The SMILES string of the molecule is Cc1cccc([C@H]2C(C#N)=C(N)OC3=C2S(=O)(=O)N(C)c2ccccc23)c1. The third-order valence-corrected chi connectivity index (χ3v) is 6.77. The van der Waals surface area contributed by atoms with E-state index in [1.54, 1.807) is 30.3 Å². The molecule has 2 aliphatic rings. The van der Waals surface area contributed by atoms with Gasteiger partial charge in [0.2, 0.25) is 5.88 Å². The summed E-state index contributed by atoms with van der Waals surface area (Å²) in [5.41, 5.74) is 8.90. The molecule has 2 aromatic carbocycles. The van der Waals surface area contributed by atoms with E-state index in [2.05, 4.69) is 0 Å². The number of para-hydroxylation sites is 1. The highest BCUT2D eigenvalue weighted by Crippen LogP contribution is 2.50. The molecule has 2 aliphatic heterocycles. The molecule has 6 nitrogen and oxygen atoms in total. The maximum Gasteiger partial charge on any atom is 0.264 e. The average Bonchev–Trinajstić information content (AvgIpc) is 2.65. The van der Waals surface area contributed by atoms with Crippen molar-refractivity contribution < 1.29 is 13.2 Å². The fourth-order valence-electron chi connectivity index (χ4n) is 3.58. The molecule has 7 heteroatoms. The lowest BCUT2D eigenvalue weighted by atomic mass is 9.87. The number of allylic oxidation sites excluding steroid dienone is 2. The molecule has 0 bridgehead atoms. The van der Waals surface area contributed by atoms with Crippen LogP contribution >= 0.6 is 0 Å². The zero-order valence-electron chi connectivity index (χ0n) is 14.8. The van der Waals surface area contributed by atoms with Crippen molar-refractivity contribution in [2.75, 3.05) is 11.4 Å². The summed E-state index contributed by atoms with van der Waals surface area (Å²) in [5, 5.41) is 9.69. The molecule has 0 amide bonds. The van der Waals surface area contributed by atoms with Crippen molar-refractivity contribution in [3.05, 3.63) is 81.6 Å². The van der Waals surface area contributed by atoms with Crippen LogP contribution in [0.25, 0.3) is 5.76 Å². The van der Waals surface area contributed by atoms with Gasteiger partial charge in [-0.05, 0) is 24.6 Å². The van der Waals surface area contributed by atoms with E-state index in [9.17, 15) is 13.7 Å².